The molecule has 0 saturated heterocycles. The number of nitrogen functional groups attached to an aromatic ring is 2. The second-order valence-electron chi connectivity index (χ2n) is 3.02. The highest BCUT2D eigenvalue weighted by molar-refractivity contribution is 5.57. The van der Waals surface area contributed by atoms with Crippen molar-refractivity contribution >= 4 is 17.7 Å². The molecule has 1 aromatic rings. The van der Waals surface area contributed by atoms with Crippen LogP contribution in [0.15, 0.2) is 18.2 Å². The van der Waals surface area contributed by atoms with E-state index in [1.54, 1.807) is 6.07 Å². The zero-order chi connectivity index (χ0) is 9.68. The molecule has 1 rings (SSSR count). The van der Waals surface area contributed by atoms with Crippen molar-refractivity contribution in [3.63, 3.8) is 0 Å². The van der Waals surface area contributed by atoms with Crippen molar-refractivity contribution in [2.45, 2.75) is 19.3 Å². The molecule has 0 amide bonds. The van der Waals surface area contributed by atoms with E-state index in [1.807, 2.05) is 12.1 Å². The third-order valence-electron chi connectivity index (χ3n) is 1.94. The molecule has 13 heavy (non-hydrogen) atoms. The molecule has 4 N–H and O–H groups in total. The summed E-state index contributed by atoms with van der Waals surface area (Å²) >= 11 is 0. The SMILES string of the molecule is Nc1ccc(CCCC=O)c(N)c1. The molecule has 0 unspecified atom stereocenters. The number of hydrogen-bond acceptors (Lipinski definition) is 3. The number of aryl methyl sites for hydroxylation is 1. The Balaban J connectivity index is 2.61. The summed E-state index contributed by atoms with van der Waals surface area (Å²) in [7, 11) is 0. The number of rotatable bonds is 4. The van der Waals surface area contributed by atoms with Crippen LogP contribution in [0, 0.1) is 0 Å². The molecule has 70 valence electrons. The van der Waals surface area contributed by atoms with Crippen LogP contribution in [0.4, 0.5) is 11.4 Å². The molecule has 3 nitrogen and oxygen atoms in total. The molecule has 0 aliphatic carbocycles. The van der Waals surface area contributed by atoms with Gasteiger partial charge in [-0.1, -0.05) is 6.07 Å². The number of unbranched alkanes of at least 4 members (excludes halogenated alkanes) is 1. The van der Waals surface area contributed by atoms with E-state index in [0.29, 0.717) is 17.8 Å². The van der Waals surface area contributed by atoms with E-state index >= 15 is 0 Å². The Hall–Kier alpha value is -1.51. The molecule has 0 aromatic heterocycles. The summed E-state index contributed by atoms with van der Waals surface area (Å²) in [5.74, 6) is 0. The van der Waals surface area contributed by atoms with Gasteiger partial charge in [0.05, 0.1) is 0 Å². The highest BCUT2D eigenvalue weighted by Gasteiger charge is 1.98. The topological polar surface area (TPSA) is 69.1 Å². The molecule has 0 aliphatic rings. The van der Waals surface area contributed by atoms with Gasteiger partial charge in [0, 0.05) is 17.8 Å². The van der Waals surface area contributed by atoms with Crippen LogP contribution in [0.3, 0.4) is 0 Å². The third-order valence-corrected chi connectivity index (χ3v) is 1.94. The number of carbonyl (C=O) groups is 1. The molecule has 0 spiro atoms. The average Bonchev–Trinajstić information content (AvgIpc) is 2.09. The van der Waals surface area contributed by atoms with Crippen LogP contribution >= 0.6 is 0 Å². The number of hydrogen-bond donors (Lipinski definition) is 2. The van der Waals surface area contributed by atoms with Gasteiger partial charge < -0.3 is 16.3 Å². The van der Waals surface area contributed by atoms with Gasteiger partial charge in [-0.15, -0.1) is 0 Å². The Bertz CT molecular complexity index is 297. The molecule has 0 atom stereocenters. The average molecular weight is 178 g/mol. The summed E-state index contributed by atoms with van der Waals surface area (Å²) in [5, 5.41) is 0. The lowest BCUT2D eigenvalue weighted by Crippen LogP contribution is -1.96. The molecule has 0 fully saturated rings. The Morgan fingerprint density at radius 1 is 1.31 bits per heavy atom. The van der Waals surface area contributed by atoms with Crippen LogP contribution in [0.2, 0.25) is 0 Å². The summed E-state index contributed by atoms with van der Waals surface area (Å²) in [6, 6.07) is 5.48. The number of nitrogens with two attached hydrogens (primary N) is 2. The lowest BCUT2D eigenvalue weighted by atomic mass is 10.1. The maximum atomic E-state index is 10.1. The number of carbonyl (C=O) groups excluding carboxylic acids is 1. The molecular formula is C10H14N2O. The van der Waals surface area contributed by atoms with E-state index in [1.165, 1.54) is 0 Å². The summed E-state index contributed by atoms with van der Waals surface area (Å²) in [4.78, 5) is 10.1. The number of anilines is 2. The first kappa shape index (κ1) is 9.58. The van der Waals surface area contributed by atoms with E-state index in [2.05, 4.69) is 0 Å². The standard InChI is InChI=1S/C10H14N2O/c11-9-5-4-8(10(12)7-9)3-1-2-6-13/h4-7H,1-3,11-12H2. The second-order valence-corrected chi connectivity index (χ2v) is 3.02. The molecule has 0 bridgehead atoms. The molecule has 0 aliphatic heterocycles. The third kappa shape index (κ3) is 2.78. The van der Waals surface area contributed by atoms with Gasteiger partial charge in [0.2, 0.25) is 0 Å². The van der Waals surface area contributed by atoms with Gasteiger partial charge in [-0.2, -0.15) is 0 Å². The van der Waals surface area contributed by atoms with E-state index in [0.717, 1.165) is 24.7 Å². The van der Waals surface area contributed by atoms with Gasteiger partial charge in [-0.3, -0.25) is 0 Å². The molecular weight excluding hydrogens is 164 g/mol. The highest BCUT2D eigenvalue weighted by Crippen LogP contribution is 2.17. The zero-order valence-corrected chi connectivity index (χ0v) is 7.49. The van der Waals surface area contributed by atoms with Crippen molar-refractivity contribution in [2.75, 3.05) is 11.5 Å². The van der Waals surface area contributed by atoms with Crippen LogP contribution in [-0.4, -0.2) is 6.29 Å². The Morgan fingerprint density at radius 3 is 2.69 bits per heavy atom. The Kier molecular flexibility index (Phi) is 3.31. The van der Waals surface area contributed by atoms with Crippen molar-refractivity contribution in [3.8, 4) is 0 Å². The minimum atomic E-state index is 0.587. The van der Waals surface area contributed by atoms with Gasteiger partial charge in [-0.05, 0) is 30.5 Å². The van der Waals surface area contributed by atoms with E-state index < -0.39 is 0 Å². The Morgan fingerprint density at radius 2 is 2.08 bits per heavy atom. The van der Waals surface area contributed by atoms with Crippen molar-refractivity contribution in [3.05, 3.63) is 23.8 Å². The van der Waals surface area contributed by atoms with Crippen LogP contribution in [0.5, 0.6) is 0 Å². The van der Waals surface area contributed by atoms with Crippen LogP contribution in [0.25, 0.3) is 0 Å². The summed E-state index contributed by atoms with van der Waals surface area (Å²) in [6.45, 7) is 0. The summed E-state index contributed by atoms with van der Waals surface area (Å²) in [5.41, 5.74) is 13.7. The fraction of sp³-hybridized carbons (Fsp3) is 0.300. The van der Waals surface area contributed by atoms with Crippen LogP contribution in [-0.2, 0) is 11.2 Å². The Labute approximate surface area is 77.7 Å². The molecule has 0 radical (unpaired) electrons. The first-order valence-electron chi connectivity index (χ1n) is 4.31. The van der Waals surface area contributed by atoms with Crippen LogP contribution in [0.1, 0.15) is 18.4 Å². The van der Waals surface area contributed by atoms with Crippen molar-refractivity contribution in [1.82, 2.24) is 0 Å². The predicted octanol–water partition coefficient (Wildman–Crippen LogP) is 1.37. The molecule has 1 aromatic carbocycles. The summed E-state index contributed by atoms with van der Waals surface area (Å²) < 4.78 is 0. The van der Waals surface area contributed by atoms with Gasteiger partial charge in [-0.25, -0.2) is 0 Å². The highest BCUT2D eigenvalue weighted by atomic mass is 16.1. The first-order valence-corrected chi connectivity index (χ1v) is 4.31. The quantitative estimate of drug-likeness (QED) is 0.415. The lowest BCUT2D eigenvalue weighted by Gasteiger charge is -2.04. The minimum absolute atomic E-state index is 0.587. The van der Waals surface area contributed by atoms with E-state index in [9.17, 15) is 4.79 Å². The van der Waals surface area contributed by atoms with Gasteiger partial charge in [0.1, 0.15) is 6.29 Å². The zero-order valence-electron chi connectivity index (χ0n) is 7.49. The number of aldehydes is 1. The lowest BCUT2D eigenvalue weighted by molar-refractivity contribution is -0.107. The molecule has 0 heterocycles. The maximum absolute atomic E-state index is 10.1. The molecule has 3 heteroatoms. The normalized spacial score (nSPS) is 9.85. The van der Waals surface area contributed by atoms with E-state index in [4.69, 9.17) is 11.5 Å². The monoisotopic (exact) mass is 178 g/mol. The van der Waals surface area contributed by atoms with E-state index in [-0.39, 0.29) is 0 Å². The minimum Gasteiger partial charge on any atom is -0.399 e. The second kappa shape index (κ2) is 4.50. The number of benzene rings is 1. The van der Waals surface area contributed by atoms with Gasteiger partial charge in [0.15, 0.2) is 0 Å². The predicted molar refractivity (Wildman–Crippen MR) is 54.3 cm³/mol. The van der Waals surface area contributed by atoms with Crippen LogP contribution < -0.4 is 11.5 Å². The molecule has 0 saturated carbocycles. The van der Waals surface area contributed by atoms with Crippen molar-refractivity contribution in [2.24, 2.45) is 0 Å². The van der Waals surface area contributed by atoms with Gasteiger partial charge >= 0.3 is 0 Å². The first-order chi connectivity index (χ1) is 6.24. The smallest absolute Gasteiger partial charge is 0.120 e. The van der Waals surface area contributed by atoms with Crippen molar-refractivity contribution in [1.29, 1.82) is 0 Å². The maximum Gasteiger partial charge on any atom is 0.120 e. The van der Waals surface area contributed by atoms with Crippen molar-refractivity contribution < 1.29 is 4.79 Å². The fourth-order valence-electron chi connectivity index (χ4n) is 1.22. The fourth-order valence-corrected chi connectivity index (χ4v) is 1.22. The van der Waals surface area contributed by atoms with Gasteiger partial charge in [0.25, 0.3) is 0 Å². The largest absolute Gasteiger partial charge is 0.399 e. The summed E-state index contributed by atoms with van der Waals surface area (Å²) in [6.07, 6.45) is 3.19.